The van der Waals surface area contributed by atoms with Crippen LogP contribution in [0.15, 0.2) is 22.8 Å². The zero-order valence-electron chi connectivity index (χ0n) is 25.4. The second-order valence-electron chi connectivity index (χ2n) is 13.4. The molecule has 5 aliphatic heterocycles. The van der Waals surface area contributed by atoms with E-state index in [1.54, 1.807) is 0 Å². The zero-order chi connectivity index (χ0) is 28.6. The van der Waals surface area contributed by atoms with Gasteiger partial charge in [0.25, 0.3) is 0 Å². The molecule has 3 saturated heterocycles. The maximum absolute atomic E-state index is 12.1. The number of nitrogens with one attached hydrogen (secondary N) is 4. The Morgan fingerprint density at radius 1 is 0.800 bits per heavy atom. The van der Waals surface area contributed by atoms with Crippen LogP contribution in [0.5, 0.6) is 0 Å². The first-order valence-corrected chi connectivity index (χ1v) is 15.7. The molecule has 0 amide bonds. The van der Waals surface area contributed by atoms with Gasteiger partial charge in [-0.2, -0.15) is 0 Å². The Morgan fingerprint density at radius 3 is 2.27 bits per heavy atom. The Labute approximate surface area is 240 Å². The average molecular weight is 557 g/mol. The minimum atomic E-state index is -0.149. The lowest BCUT2D eigenvalue weighted by atomic mass is 9.81. The second-order valence-corrected chi connectivity index (χ2v) is 13.4. The third kappa shape index (κ3) is 6.35. The lowest BCUT2D eigenvalue weighted by molar-refractivity contribution is -0.141. The molecule has 8 heteroatoms. The molecule has 40 heavy (non-hydrogen) atoms. The SMILES string of the molecule is COC(=O)CCC1=C(C)C2CC3NC(CC4NC(C=C4C)CC4NC(CC1N2)C(CCC(=O)OC)C4C)CC3C. The molecule has 0 aromatic rings. The third-order valence-electron chi connectivity index (χ3n) is 11.1. The first-order valence-electron chi connectivity index (χ1n) is 15.7. The van der Waals surface area contributed by atoms with Crippen LogP contribution in [0.1, 0.15) is 85.5 Å². The van der Waals surface area contributed by atoms with Crippen LogP contribution in [0.25, 0.3) is 0 Å². The fraction of sp³-hybridized carbons (Fsp3) is 0.812. The molecule has 5 heterocycles. The number of hydrogen-bond acceptors (Lipinski definition) is 8. The number of ether oxygens (including phenoxy) is 2. The van der Waals surface area contributed by atoms with E-state index >= 15 is 0 Å². The smallest absolute Gasteiger partial charge is 0.305 e. The number of rotatable bonds is 6. The molecule has 8 nitrogen and oxygen atoms in total. The van der Waals surface area contributed by atoms with E-state index in [0.717, 1.165) is 38.5 Å². The summed E-state index contributed by atoms with van der Waals surface area (Å²) in [6.45, 7) is 9.33. The van der Waals surface area contributed by atoms with Gasteiger partial charge in [-0.15, -0.1) is 0 Å². The maximum atomic E-state index is 12.1. The molecule has 0 aromatic heterocycles. The Kier molecular flexibility index (Phi) is 9.40. The Morgan fingerprint density at radius 2 is 1.52 bits per heavy atom. The van der Waals surface area contributed by atoms with E-state index in [2.05, 4.69) is 55.0 Å². The standard InChI is InChI=1S/C32H52N4O4/c1-17-11-22-14-27-19(3)23(7-9-31(37)39-5)29(35-27)16-30-24(8-10-32(38)40-6)20(4)28(36-30)15-26-18(2)12-21(34-26)13-25(17)33-22/h11,18-19,21-23,25-30,33-36H,7-10,12-16H2,1-6H3. The quantitative estimate of drug-likeness (QED) is 0.292. The first-order chi connectivity index (χ1) is 19.2. The predicted molar refractivity (Wildman–Crippen MR) is 157 cm³/mol. The Bertz CT molecular complexity index is 1010. The van der Waals surface area contributed by atoms with Crippen LogP contribution in [0, 0.1) is 17.8 Å². The van der Waals surface area contributed by atoms with Gasteiger partial charge in [0.05, 0.1) is 14.2 Å². The van der Waals surface area contributed by atoms with Gasteiger partial charge in [0.2, 0.25) is 0 Å². The summed E-state index contributed by atoms with van der Waals surface area (Å²) in [5.41, 5.74) is 4.26. The highest BCUT2D eigenvalue weighted by molar-refractivity contribution is 5.69. The molecule has 5 rings (SSSR count). The molecule has 3 fully saturated rings. The van der Waals surface area contributed by atoms with Gasteiger partial charge in [0, 0.05) is 61.2 Å². The number of esters is 2. The van der Waals surface area contributed by atoms with E-state index in [9.17, 15) is 9.59 Å². The molecular weight excluding hydrogens is 504 g/mol. The van der Waals surface area contributed by atoms with E-state index in [0.29, 0.717) is 72.9 Å². The van der Waals surface area contributed by atoms with Crippen molar-refractivity contribution in [1.29, 1.82) is 0 Å². The minimum absolute atomic E-state index is 0.128. The lowest BCUT2D eigenvalue weighted by Gasteiger charge is -2.28. The fourth-order valence-electron chi connectivity index (χ4n) is 8.66. The number of carbonyl (C=O) groups is 2. The average Bonchev–Trinajstić information content (AvgIpc) is 3.62. The summed E-state index contributed by atoms with van der Waals surface area (Å²) in [4.78, 5) is 24.3. The largest absolute Gasteiger partial charge is 0.469 e. The van der Waals surface area contributed by atoms with Crippen molar-refractivity contribution in [2.24, 2.45) is 17.8 Å². The number of methoxy groups -OCH3 is 2. The molecule has 8 bridgehead atoms. The summed E-state index contributed by atoms with van der Waals surface area (Å²) in [5, 5.41) is 16.1. The molecule has 11 atom stereocenters. The van der Waals surface area contributed by atoms with E-state index in [1.165, 1.54) is 37.4 Å². The monoisotopic (exact) mass is 556 g/mol. The van der Waals surface area contributed by atoms with Gasteiger partial charge in [0.15, 0.2) is 0 Å². The van der Waals surface area contributed by atoms with Gasteiger partial charge in [-0.25, -0.2) is 0 Å². The molecule has 11 unspecified atom stereocenters. The highest BCUT2D eigenvalue weighted by Gasteiger charge is 2.45. The molecule has 224 valence electrons. The van der Waals surface area contributed by atoms with Crippen LogP contribution in [0.3, 0.4) is 0 Å². The predicted octanol–water partition coefficient (Wildman–Crippen LogP) is 3.37. The van der Waals surface area contributed by atoms with Crippen LogP contribution < -0.4 is 21.3 Å². The van der Waals surface area contributed by atoms with Crippen LogP contribution in [-0.2, 0) is 19.1 Å². The van der Waals surface area contributed by atoms with Crippen molar-refractivity contribution in [1.82, 2.24) is 21.3 Å². The van der Waals surface area contributed by atoms with Crippen LogP contribution in [-0.4, -0.2) is 74.5 Å². The third-order valence-corrected chi connectivity index (χ3v) is 11.1. The zero-order valence-corrected chi connectivity index (χ0v) is 25.4. The summed E-state index contributed by atoms with van der Waals surface area (Å²) >= 11 is 0. The van der Waals surface area contributed by atoms with E-state index in [4.69, 9.17) is 9.47 Å². The van der Waals surface area contributed by atoms with Crippen LogP contribution in [0.2, 0.25) is 0 Å². The fourth-order valence-corrected chi connectivity index (χ4v) is 8.66. The summed E-state index contributed by atoms with van der Waals surface area (Å²) in [7, 11) is 2.95. The van der Waals surface area contributed by atoms with Crippen molar-refractivity contribution in [3.8, 4) is 0 Å². The van der Waals surface area contributed by atoms with Crippen molar-refractivity contribution in [2.45, 2.75) is 134 Å². The van der Waals surface area contributed by atoms with Crippen molar-refractivity contribution in [3.63, 3.8) is 0 Å². The Hall–Kier alpha value is -1.74. The molecule has 0 aromatic carbocycles. The van der Waals surface area contributed by atoms with Gasteiger partial charge in [-0.05, 0) is 76.5 Å². The molecular formula is C32H52N4O4. The van der Waals surface area contributed by atoms with Gasteiger partial charge in [0.1, 0.15) is 0 Å². The van der Waals surface area contributed by atoms with Crippen molar-refractivity contribution >= 4 is 11.9 Å². The maximum Gasteiger partial charge on any atom is 0.305 e. The van der Waals surface area contributed by atoms with E-state index < -0.39 is 0 Å². The lowest BCUT2D eigenvalue weighted by Crippen LogP contribution is -2.45. The Balaban J connectivity index is 1.42. The summed E-state index contributed by atoms with van der Waals surface area (Å²) < 4.78 is 10.0. The first kappa shape index (κ1) is 29.7. The van der Waals surface area contributed by atoms with Gasteiger partial charge in [-0.3, -0.25) is 9.59 Å². The van der Waals surface area contributed by atoms with Gasteiger partial charge < -0.3 is 30.7 Å². The molecule has 5 aliphatic rings. The number of carbonyl (C=O) groups excluding carboxylic acids is 2. The normalized spacial score (nSPS) is 41.2. The molecule has 0 aliphatic carbocycles. The number of fused-ring (bicyclic) bond motifs is 8. The number of hydrogen-bond donors (Lipinski definition) is 4. The summed E-state index contributed by atoms with van der Waals surface area (Å²) in [6.07, 6.45) is 10.3. The highest BCUT2D eigenvalue weighted by Crippen LogP contribution is 2.40. The van der Waals surface area contributed by atoms with Crippen molar-refractivity contribution in [2.75, 3.05) is 14.2 Å². The topological polar surface area (TPSA) is 101 Å². The van der Waals surface area contributed by atoms with E-state index in [1.807, 2.05) is 0 Å². The van der Waals surface area contributed by atoms with Crippen molar-refractivity contribution in [3.05, 3.63) is 22.8 Å². The van der Waals surface area contributed by atoms with Gasteiger partial charge in [-0.1, -0.05) is 36.6 Å². The minimum Gasteiger partial charge on any atom is -0.469 e. The van der Waals surface area contributed by atoms with Crippen LogP contribution >= 0.6 is 0 Å². The molecule has 0 spiro atoms. The van der Waals surface area contributed by atoms with Crippen LogP contribution in [0.4, 0.5) is 0 Å². The molecule has 0 saturated carbocycles. The summed E-state index contributed by atoms with van der Waals surface area (Å²) in [6, 6.07) is 3.03. The van der Waals surface area contributed by atoms with Gasteiger partial charge >= 0.3 is 11.9 Å². The molecule has 4 N–H and O–H groups in total. The second kappa shape index (κ2) is 12.6. The molecule has 0 radical (unpaired) electrons. The van der Waals surface area contributed by atoms with Crippen molar-refractivity contribution < 1.29 is 19.1 Å². The summed E-state index contributed by atoms with van der Waals surface area (Å²) in [5.74, 6) is 1.21. The van der Waals surface area contributed by atoms with E-state index in [-0.39, 0.29) is 18.0 Å². The highest BCUT2D eigenvalue weighted by atomic mass is 16.5.